The van der Waals surface area contributed by atoms with Crippen molar-refractivity contribution in [3.05, 3.63) is 29.6 Å². The minimum atomic E-state index is -0.285. The molecule has 2 N–H and O–H groups in total. The van der Waals surface area contributed by atoms with Gasteiger partial charge in [0.1, 0.15) is 5.82 Å². The van der Waals surface area contributed by atoms with Gasteiger partial charge in [-0.25, -0.2) is 4.39 Å². The number of nitrogens with zero attached hydrogens (tertiary/aromatic N) is 3. The maximum atomic E-state index is 13.9. The maximum absolute atomic E-state index is 13.9. The second kappa shape index (κ2) is 5.20. The summed E-state index contributed by atoms with van der Waals surface area (Å²) in [5, 5.41) is 10.4. The van der Waals surface area contributed by atoms with Gasteiger partial charge in [0.05, 0.1) is 5.56 Å². The van der Waals surface area contributed by atoms with Gasteiger partial charge >= 0.3 is 0 Å². The van der Waals surface area contributed by atoms with E-state index in [0.717, 1.165) is 25.2 Å². The number of H-pyrrole nitrogens is 1. The molecule has 5 nitrogen and oxygen atoms in total. The maximum Gasteiger partial charge on any atom is 0.245 e. The zero-order valence-electron chi connectivity index (χ0n) is 11.7. The standard InChI is InChI=1S/C14H18FN5/c1-9-3-4-12(15)11(7-9)13-17-14(19-18-13)20-6-5-16-10(2)8-20/h3-4,7,10,16H,5-6,8H2,1-2H3,(H,17,18,19)/t10-/m0/s1. The Labute approximate surface area is 117 Å². The first-order valence-electron chi connectivity index (χ1n) is 6.81. The summed E-state index contributed by atoms with van der Waals surface area (Å²) in [6.07, 6.45) is 0. The number of aromatic nitrogens is 3. The summed E-state index contributed by atoms with van der Waals surface area (Å²) >= 11 is 0. The van der Waals surface area contributed by atoms with Gasteiger partial charge < -0.3 is 10.2 Å². The predicted octanol–water partition coefficient (Wildman–Crippen LogP) is 1.72. The largest absolute Gasteiger partial charge is 0.337 e. The van der Waals surface area contributed by atoms with Crippen molar-refractivity contribution in [2.75, 3.05) is 24.5 Å². The van der Waals surface area contributed by atoms with Crippen LogP contribution >= 0.6 is 0 Å². The average Bonchev–Trinajstić information content (AvgIpc) is 2.91. The Morgan fingerprint density at radius 1 is 1.40 bits per heavy atom. The van der Waals surface area contributed by atoms with Crippen molar-refractivity contribution < 1.29 is 4.39 Å². The Morgan fingerprint density at radius 2 is 2.25 bits per heavy atom. The first kappa shape index (κ1) is 13.1. The molecule has 20 heavy (non-hydrogen) atoms. The van der Waals surface area contributed by atoms with E-state index in [0.29, 0.717) is 23.4 Å². The van der Waals surface area contributed by atoms with Crippen LogP contribution in [-0.2, 0) is 0 Å². The summed E-state index contributed by atoms with van der Waals surface area (Å²) in [6, 6.07) is 5.38. The number of piperazine rings is 1. The fraction of sp³-hybridized carbons (Fsp3) is 0.429. The van der Waals surface area contributed by atoms with Gasteiger partial charge in [0.15, 0.2) is 5.82 Å². The molecule has 1 fully saturated rings. The van der Waals surface area contributed by atoms with Crippen molar-refractivity contribution in [3.63, 3.8) is 0 Å². The monoisotopic (exact) mass is 275 g/mol. The second-order valence-electron chi connectivity index (χ2n) is 5.27. The lowest BCUT2D eigenvalue weighted by Crippen LogP contribution is -2.49. The van der Waals surface area contributed by atoms with Gasteiger partial charge in [0.2, 0.25) is 5.95 Å². The number of rotatable bonds is 2. The van der Waals surface area contributed by atoms with Gasteiger partial charge in [-0.15, -0.1) is 5.10 Å². The normalized spacial score (nSPS) is 19.4. The van der Waals surface area contributed by atoms with Crippen LogP contribution in [-0.4, -0.2) is 40.9 Å². The molecule has 0 aliphatic carbocycles. The van der Waals surface area contributed by atoms with Gasteiger partial charge in [-0.1, -0.05) is 11.6 Å². The summed E-state index contributed by atoms with van der Waals surface area (Å²) in [5.41, 5.74) is 1.46. The number of hydrogen-bond acceptors (Lipinski definition) is 4. The minimum absolute atomic E-state index is 0.285. The Bertz CT molecular complexity index is 609. The van der Waals surface area contributed by atoms with Crippen molar-refractivity contribution >= 4 is 5.95 Å². The average molecular weight is 275 g/mol. The van der Waals surface area contributed by atoms with E-state index in [1.54, 1.807) is 12.1 Å². The summed E-state index contributed by atoms with van der Waals surface area (Å²) in [4.78, 5) is 6.54. The number of hydrogen-bond donors (Lipinski definition) is 2. The van der Waals surface area contributed by atoms with E-state index in [-0.39, 0.29) is 5.82 Å². The van der Waals surface area contributed by atoms with Gasteiger partial charge in [-0.05, 0) is 26.0 Å². The van der Waals surface area contributed by atoms with E-state index >= 15 is 0 Å². The highest BCUT2D eigenvalue weighted by atomic mass is 19.1. The number of aromatic amines is 1. The molecule has 3 rings (SSSR count). The van der Waals surface area contributed by atoms with Crippen LogP contribution in [0.15, 0.2) is 18.2 Å². The minimum Gasteiger partial charge on any atom is -0.337 e. The Kier molecular flexibility index (Phi) is 3.40. The molecule has 1 aromatic heterocycles. The summed E-state index contributed by atoms with van der Waals surface area (Å²) in [6.45, 7) is 6.67. The summed E-state index contributed by atoms with van der Waals surface area (Å²) in [7, 11) is 0. The molecule has 0 bridgehead atoms. The summed E-state index contributed by atoms with van der Waals surface area (Å²) < 4.78 is 13.9. The van der Waals surface area contributed by atoms with E-state index in [1.165, 1.54) is 6.07 Å². The molecule has 2 aromatic rings. The highest BCUT2D eigenvalue weighted by Crippen LogP contribution is 2.22. The molecule has 1 aliphatic heterocycles. The molecular weight excluding hydrogens is 257 g/mol. The van der Waals surface area contributed by atoms with E-state index in [2.05, 4.69) is 32.3 Å². The molecule has 106 valence electrons. The van der Waals surface area contributed by atoms with E-state index < -0.39 is 0 Å². The molecule has 6 heteroatoms. The van der Waals surface area contributed by atoms with Crippen LogP contribution in [0.4, 0.5) is 10.3 Å². The fourth-order valence-electron chi connectivity index (χ4n) is 2.45. The van der Waals surface area contributed by atoms with Crippen LogP contribution in [0.1, 0.15) is 12.5 Å². The van der Waals surface area contributed by atoms with Crippen molar-refractivity contribution in [1.29, 1.82) is 0 Å². The number of benzene rings is 1. The number of halogens is 1. The van der Waals surface area contributed by atoms with Crippen molar-refractivity contribution in [1.82, 2.24) is 20.5 Å². The molecule has 0 amide bonds. The molecule has 1 aliphatic rings. The summed E-state index contributed by atoms with van der Waals surface area (Å²) in [5.74, 6) is 0.827. The molecule has 1 saturated heterocycles. The van der Waals surface area contributed by atoms with Gasteiger partial charge in [0.25, 0.3) is 0 Å². The Morgan fingerprint density at radius 3 is 3.05 bits per heavy atom. The Hall–Kier alpha value is -1.95. The van der Waals surface area contributed by atoms with Crippen LogP contribution in [0, 0.1) is 12.7 Å². The quantitative estimate of drug-likeness (QED) is 0.876. The van der Waals surface area contributed by atoms with E-state index in [4.69, 9.17) is 0 Å². The highest BCUT2D eigenvalue weighted by Gasteiger charge is 2.20. The van der Waals surface area contributed by atoms with Gasteiger partial charge in [-0.2, -0.15) is 4.98 Å². The zero-order chi connectivity index (χ0) is 14.1. The predicted molar refractivity (Wildman–Crippen MR) is 76.2 cm³/mol. The number of aryl methyl sites for hydroxylation is 1. The smallest absolute Gasteiger partial charge is 0.245 e. The lowest BCUT2D eigenvalue weighted by Gasteiger charge is -2.30. The fourth-order valence-corrected chi connectivity index (χ4v) is 2.45. The molecule has 1 atom stereocenters. The Balaban J connectivity index is 1.88. The van der Waals surface area contributed by atoms with Crippen LogP contribution in [0.5, 0.6) is 0 Å². The number of anilines is 1. The highest BCUT2D eigenvalue weighted by molar-refractivity contribution is 5.58. The lowest BCUT2D eigenvalue weighted by molar-refractivity contribution is 0.480. The molecular formula is C14H18FN5. The first-order chi connectivity index (χ1) is 9.63. The number of nitrogens with one attached hydrogen (secondary N) is 2. The van der Waals surface area contributed by atoms with Gasteiger partial charge in [-0.3, -0.25) is 5.10 Å². The molecule has 0 radical (unpaired) electrons. The lowest BCUT2D eigenvalue weighted by atomic mass is 10.1. The third-order valence-electron chi connectivity index (χ3n) is 3.50. The van der Waals surface area contributed by atoms with Crippen LogP contribution in [0.2, 0.25) is 0 Å². The van der Waals surface area contributed by atoms with Gasteiger partial charge in [0, 0.05) is 25.7 Å². The van der Waals surface area contributed by atoms with Crippen LogP contribution in [0.25, 0.3) is 11.4 Å². The van der Waals surface area contributed by atoms with Crippen LogP contribution in [0.3, 0.4) is 0 Å². The first-order valence-corrected chi connectivity index (χ1v) is 6.81. The van der Waals surface area contributed by atoms with Crippen molar-refractivity contribution in [2.24, 2.45) is 0 Å². The SMILES string of the molecule is Cc1ccc(F)c(-c2nc(N3CCN[C@@H](C)C3)n[nH]2)c1. The molecule has 0 spiro atoms. The second-order valence-corrected chi connectivity index (χ2v) is 5.27. The third kappa shape index (κ3) is 2.51. The third-order valence-corrected chi connectivity index (χ3v) is 3.50. The molecule has 0 saturated carbocycles. The zero-order valence-corrected chi connectivity index (χ0v) is 11.7. The van der Waals surface area contributed by atoms with Crippen molar-refractivity contribution in [3.8, 4) is 11.4 Å². The topological polar surface area (TPSA) is 56.8 Å². The van der Waals surface area contributed by atoms with E-state index in [1.807, 2.05) is 6.92 Å². The van der Waals surface area contributed by atoms with Crippen LogP contribution < -0.4 is 10.2 Å². The molecule has 2 heterocycles. The van der Waals surface area contributed by atoms with E-state index in [9.17, 15) is 4.39 Å². The molecule has 1 aromatic carbocycles. The van der Waals surface area contributed by atoms with Crippen molar-refractivity contribution in [2.45, 2.75) is 19.9 Å². The molecule has 0 unspecified atom stereocenters.